The summed E-state index contributed by atoms with van der Waals surface area (Å²) in [7, 11) is 0. The number of amidine groups is 1. The number of thiophene rings is 1. The summed E-state index contributed by atoms with van der Waals surface area (Å²) in [5.74, 6) is 0.816. The molecule has 172 valence electrons. The number of ether oxygens (including phenoxy) is 1. The molecule has 0 unspecified atom stereocenters. The van der Waals surface area contributed by atoms with Crippen LogP contribution >= 0.6 is 11.3 Å². The molecule has 0 spiro atoms. The molecular formula is C29H22N2O3S. The second kappa shape index (κ2) is 10.3. The van der Waals surface area contributed by atoms with Gasteiger partial charge in [-0.1, -0.05) is 78.9 Å². The molecule has 0 saturated carbocycles. The van der Waals surface area contributed by atoms with Crippen LogP contribution in [0.2, 0.25) is 0 Å². The molecule has 1 aromatic heterocycles. The van der Waals surface area contributed by atoms with Crippen molar-refractivity contribution in [3.05, 3.63) is 130 Å². The van der Waals surface area contributed by atoms with Crippen molar-refractivity contribution in [1.82, 2.24) is 4.90 Å². The number of ketones is 1. The predicted molar refractivity (Wildman–Crippen MR) is 139 cm³/mol. The number of carbonyl (C=O) groups is 2. The SMILES string of the molecule is O=C(CN1C(=O)C(=Cc2ccc(OCc3ccccc3)cc2)N=C1c1ccccc1)c1cccs1. The van der Waals surface area contributed by atoms with Crippen molar-refractivity contribution in [2.45, 2.75) is 6.61 Å². The number of aliphatic imine (C=N–C) groups is 1. The molecule has 3 aromatic carbocycles. The van der Waals surface area contributed by atoms with Crippen molar-refractivity contribution >= 4 is 34.9 Å². The van der Waals surface area contributed by atoms with Gasteiger partial charge in [-0.2, -0.15) is 0 Å². The minimum Gasteiger partial charge on any atom is -0.489 e. The maximum atomic E-state index is 13.3. The van der Waals surface area contributed by atoms with Gasteiger partial charge >= 0.3 is 0 Å². The Kier molecular flexibility index (Phi) is 6.63. The fourth-order valence-electron chi connectivity index (χ4n) is 3.72. The van der Waals surface area contributed by atoms with Gasteiger partial charge in [0.15, 0.2) is 5.78 Å². The van der Waals surface area contributed by atoms with E-state index in [0.29, 0.717) is 23.0 Å². The Labute approximate surface area is 207 Å². The van der Waals surface area contributed by atoms with Gasteiger partial charge in [-0.15, -0.1) is 11.3 Å². The Hall–Kier alpha value is -4.29. The van der Waals surface area contributed by atoms with Crippen LogP contribution in [-0.4, -0.2) is 29.0 Å². The third kappa shape index (κ3) is 5.28. The van der Waals surface area contributed by atoms with E-state index < -0.39 is 0 Å². The van der Waals surface area contributed by atoms with Crippen LogP contribution in [-0.2, 0) is 11.4 Å². The standard InChI is InChI=1S/C29H22N2O3S/c32-26(27-12-7-17-35-27)19-31-28(23-10-5-2-6-11-23)30-25(29(31)33)18-21-13-15-24(16-14-21)34-20-22-8-3-1-4-9-22/h1-18H,19-20H2. The summed E-state index contributed by atoms with van der Waals surface area (Å²) in [4.78, 5) is 32.8. The molecule has 2 heterocycles. The van der Waals surface area contributed by atoms with Crippen molar-refractivity contribution in [3.8, 4) is 5.75 Å². The zero-order valence-corrected chi connectivity index (χ0v) is 19.7. The number of benzene rings is 3. The zero-order valence-electron chi connectivity index (χ0n) is 18.8. The molecule has 35 heavy (non-hydrogen) atoms. The summed E-state index contributed by atoms with van der Waals surface area (Å²) in [6.07, 6.45) is 1.74. The van der Waals surface area contributed by atoms with Crippen LogP contribution in [0.1, 0.15) is 26.4 Å². The molecule has 1 aliphatic rings. The number of hydrogen-bond acceptors (Lipinski definition) is 5. The topological polar surface area (TPSA) is 59.0 Å². The normalized spacial score (nSPS) is 14.3. The summed E-state index contributed by atoms with van der Waals surface area (Å²) in [5, 5.41) is 1.85. The van der Waals surface area contributed by atoms with Gasteiger partial charge in [0.05, 0.1) is 11.4 Å². The Balaban J connectivity index is 1.36. The molecule has 0 fully saturated rings. The fraction of sp³-hybridized carbons (Fsp3) is 0.0690. The lowest BCUT2D eigenvalue weighted by Gasteiger charge is -2.17. The highest BCUT2D eigenvalue weighted by Crippen LogP contribution is 2.24. The Morgan fingerprint density at radius 1 is 0.886 bits per heavy atom. The largest absolute Gasteiger partial charge is 0.489 e. The molecule has 5 rings (SSSR count). The smallest absolute Gasteiger partial charge is 0.278 e. The highest BCUT2D eigenvalue weighted by molar-refractivity contribution is 7.12. The predicted octanol–water partition coefficient (Wildman–Crippen LogP) is 5.84. The highest BCUT2D eigenvalue weighted by Gasteiger charge is 2.32. The van der Waals surface area contributed by atoms with Crippen LogP contribution < -0.4 is 4.74 Å². The molecular weight excluding hydrogens is 456 g/mol. The first-order valence-electron chi connectivity index (χ1n) is 11.2. The van der Waals surface area contributed by atoms with Gasteiger partial charge in [0, 0.05) is 5.56 Å². The molecule has 0 radical (unpaired) electrons. The van der Waals surface area contributed by atoms with Gasteiger partial charge in [-0.05, 0) is 40.8 Å². The molecule has 6 heteroatoms. The zero-order chi connectivity index (χ0) is 24.0. The number of hydrogen-bond donors (Lipinski definition) is 0. The van der Waals surface area contributed by atoms with E-state index in [1.165, 1.54) is 16.2 Å². The van der Waals surface area contributed by atoms with E-state index in [4.69, 9.17) is 4.74 Å². The number of carbonyl (C=O) groups excluding carboxylic acids is 2. The number of rotatable bonds is 8. The molecule has 4 aromatic rings. The Bertz CT molecular complexity index is 1380. The molecule has 0 saturated heterocycles. The van der Waals surface area contributed by atoms with Crippen molar-refractivity contribution < 1.29 is 14.3 Å². The van der Waals surface area contributed by atoms with Gasteiger partial charge in [-0.25, -0.2) is 4.99 Å². The minimum absolute atomic E-state index is 0.0589. The van der Waals surface area contributed by atoms with Gasteiger partial charge in [-0.3, -0.25) is 14.5 Å². The van der Waals surface area contributed by atoms with Crippen LogP contribution in [0.15, 0.2) is 113 Å². The molecule has 0 aliphatic carbocycles. The van der Waals surface area contributed by atoms with E-state index in [2.05, 4.69) is 4.99 Å². The Morgan fingerprint density at radius 3 is 2.29 bits per heavy atom. The van der Waals surface area contributed by atoms with Crippen molar-refractivity contribution in [1.29, 1.82) is 0 Å². The summed E-state index contributed by atoms with van der Waals surface area (Å²) in [6.45, 7) is 0.425. The van der Waals surface area contributed by atoms with E-state index in [0.717, 1.165) is 22.4 Å². The second-order valence-electron chi connectivity index (χ2n) is 7.97. The highest BCUT2D eigenvalue weighted by atomic mass is 32.1. The van der Waals surface area contributed by atoms with E-state index >= 15 is 0 Å². The average Bonchev–Trinajstić information content (AvgIpc) is 3.55. The van der Waals surface area contributed by atoms with Crippen LogP contribution in [0.3, 0.4) is 0 Å². The van der Waals surface area contributed by atoms with Crippen LogP contribution in [0.4, 0.5) is 0 Å². The monoisotopic (exact) mass is 478 g/mol. The third-order valence-electron chi connectivity index (χ3n) is 5.51. The first kappa shape index (κ1) is 22.5. The summed E-state index contributed by atoms with van der Waals surface area (Å²) < 4.78 is 5.85. The van der Waals surface area contributed by atoms with Crippen molar-refractivity contribution in [3.63, 3.8) is 0 Å². The van der Waals surface area contributed by atoms with E-state index in [-0.39, 0.29) is 18.2 Å². The van der Waals surface area contributed by atoms with Crippen LogP contribution in [0.5, 0.6) is 5.75 Å². The number of Topliss-reactive ketones (excluding diaryl/α,β-unsaturated/α-hetero) is 1. The molecule has 0 N–H and O–H groups in total. The van der Waals surface area contributed by atoms with Crippen LogP contribution in [0, 0.1) is 0 Å². The minimum atomic E-state index is -0.293. The number of amides is 1. The maximum absolute atomic E-state index is 13.3. The lowest BCUT2D eigenvalue weighted by atomic mass is 10.1. The third-order valence-corrected chi connectivity index (χ3v) is 6.42. The Morgan fingerprint density at radius 2 is 1.60 bits per heavy atom. The second-order valence-corrected chi connectivity index (χ2v) is 8.91. The first-order valence-corrected chi connectivity index (χ1v) is 12.1. The van der Waals surface area contributed by atoms with E-state index in [9.17, 15) is 9.59 Å². The number of nitrogens with zero attached hydrogens (tertiary/aromatic N) is 2. The molecule has 1 amide bonds. The average molecular weight is 479 g/mol. The van der Waals surface area contributed by atoms with Gasteiger partial charge in [0.25, 0.3) is 5.91 Å². The van der Waals surface area contributed by atoms with E-state index in [1.54, 1.807) is 12.1 Å². The van der Waals surface area contributed by atoms with Gasteiger partial charge < -0.3 is 4.74 Å². The lowest BCUT2D eigenvalue weighted by molar-refractivity contribution is -0.122. The molecule has 5 nitrogen and oxygen atoms in total. The van der Waals surface area contributed by atoms with E-state index in [1.807, 2.05) is 96.4 Å². The van der Waals surface area contributed by atoms with Crippen LogP contribution in [0.25, 0.3) is 6.08 Å². The lowest BCUT2D eigenvalue weighted by Crippen LogP contribution is -2.37. The summed E-state index contributed by atoms with van der Waals surface area (Å²) >= 11 is 1.37. The first-order chi connectivity index (χ1) is 17.2. The molecule has 0 atom stereocenters. The van der Waals surface area contributed by atoms with Gasteiger partial charge in [0.1, 0.15) is 23.9 Å². The van der Waals surface area contributed by atoms with Crippen molar-refractivity contribution in [2.75, 3.05) is 6.54 Å². The fourth-order valence-corrected chi connectivity index (χ4v) is 4.38. The summed E-state index contributed by atoms with van der Waals surface area (Å²) in [6, 6.07) is 30.5. The maximum Gasteiger partial charge on any atom is 0.278 e. The quantitative estimate of drug-likeness (QED) is 0.236. The van der Waals surface area contributed by atoms with Gasteiger partial charge in [0.2, 0.25) is 0 Å². The van der Waals surface area contributed by atoms with Crippen molar-refractivity contribution in [2.24, 2.45) is 4.99 Å². The molecule has 1 aliphatic heterocycles. The molecule has 0 bridgehead atoms. The summed E-state index contributed by atoms with van der Waals surface area (Å²) in [5.41, 5.74) is 2.99.